The molecule has 1 aromatic heterocycles. The second-order valence-corrected chi connectivity index (χ2v) is 5.25. The fourth-order valence-electron chi connectivity index (χ4n) is 2.45. The van der Waals surface area contributed by atoms with Gasteiger partial charge in [0.05, 0.1) is 20.1 Å². The van der Waals surface area contributed by atoms with Crippen LogP contribution in [0.5, 0.6) is 0 Å². The highest BCUT2D eigenvalue weighted by Gasteiger charge is 2.40. The molecule has 1 heterocycles. The van der Waals surface area contributed by atoms with Crippen molar-refractivity contribution >= 4 is 19.2 Å². The maximum Gasteiger partial charge on any atom is 0.0658 e. The molecule has 15 heavy (non-hydrogen) atoms. The van der Waals surface area contributed by atoms with E-state index in [0.29, 0.717) is 12.7 Å². The number of aliphatic hydroxyl groups excluding tert-OH is 2. The van der Waals surface area contributed by atoms with E-state index in [1.807, 2.05) is 11.4 Å². The zero-order chi connectivity index (χ0) is 10.8. The highest BCUT2D eigenvalue weighted by Crippen LogP contribution is 2.37. The Bertz CT molecular complexity index is 302. The fourth-order valence-corrected chi connectivity index (χ4v) is 3.23. The minimum atomic E-state index is -0.435. The molecule has 1 saturated carbocycles. The number of hydrogen-bond donors (Lipinski definition) is 2. The molecule has 1 fully saturated rings. The average molecular weight is 222 g/mol. The van der Waals surface area contributed by atoms with E-state index >= 15 is 0 Å². The lowest BCUT2D eigenvalue weighted by Crippen LogP contribution is -2.23. The first kappa shape index (κ1) is 11.2. The van der Waals surface area contributed by atoms with Gasteiger partial charge in [-0.15, -0.1) is 11.3 Å². The average Bonchev–Trinajstić information content (AvgIpc) is 2.77. The molecule has 1 aliphatic rings. The van der Waals surface area contributed by atoms with Gasteiger partial charge in [0.15, 0.2) is 0 Å². The van der Waals surface area contributed by atoms with E-state index in [9.17, 15) is 10.2 Å². The summed E-state index contributed by atoms with van der Waals surface area (Å²) in [5.74, 6) is 0.158. The summed E-state index contributed by atoms with van der Waals surface area (Å²) < 4.78 is 0. The first-order chi connectivity index (χ1) is 7.22. The molecule has 4 atom stereocenters. The van der Waals surface area contributed by atoms with Gasteiger partial charge in [-0.25, -0.2) is 0 Å². The molecule has 80 valence electrons. The highest BCUT2D eigenvalue weighted by molar-refractivity contribution is 7.09. The third-order valence-electron chi connectivity index (χ3n) is 3.31. The Morgan fingerprint density at radius 1 is 1.33 bits per heavy atom. The van der Waals surface area contributed by atoms with Crippen LogP contribution in [-0.4, -0.2) is 30.3 Å². The highest BCUT2D eigenvalue weighted by atomic mass is 32.1. The molecular formula is C11H15BO2S. The summed E-state index contributed by atoms with van der Waals surface area (Å²) in [6, 6.07) is 4.07. The van der Waals surface area contributed by atoms with E-state index in [1.54, 1.807) is 11.3 Å². The maximum atomic E-state index is 9.85. The first-order valence-corrected chi connectivity index (χ1v) is 6.19. The van der Waals surface area contributed by atoms with E-state index < -0.39 is 12.2 Å². The van der Waals surface area contributed by atoms with Gasteiger partial charge < -0.3 is 10.2 Å². The van der Waals surface area contributed by atoms with Crippen LogP contribution in [-0.2, 0) is 6.42 Å². The second kappa shape index (κ2) is 4.68. The van der Waals surface area contributed by atoms with E-state index in [0.717, 1.165) is 6.42 Å². The van der Waals surface area contributed by atoms with Crippen LogP contribution in [0.25, 0.3) is 0 Å². The van der Waals surface area contributed by atoms with Crippen molar-refractivity contribution in [3.05, 3.63) is 22.4 Å². The van der Waals surface area contributed by atoms with Gasteiger partial charge in [-0.2, -0.15) is 0 Å². The Kier molecular flexibility index (Phi) is 3.49. The van der Waals surface area contributed by atoms with Gasteiger partial charge in [0, 0.05) is 4.88 Å². The smallest absolute Gasteiger partial charge is 0.0658 e. The fraction of sp³-hybridized carbons (Fsp3) is 0.636. The molecular weight excluding hydrogens is 207 g/mol. The largest absolute Gasteiger partial charge is 0.393 e. The van der Waals surface area contributed by atoms with Crippen LogP contribution in [0.1, 0.15) is 11.3 Å². The molecule has 1 aromatic rings. The summed E-state index contributed by atoms with van der Waals surface area (Å²) in [5.41, 5.74) is 0. The van der Waals surface area contributed by atoms with Gasteiger partial charge in [-0.05, 0) is 36.1 Å². The lowest BCUT2D eigenvalue weighted by Gasteiger charge is -2.21. The molecule has 0 aromatic carbocycles. The van der Waals surface area contributed by atoms with Gasteiger partial charge in [-0.1, -0.05) is 12.4 Å². The van der Waals surface area contributed by atoms with Crippen LogP contribution in [0.4, 0.5) is 0 Å². The van der Waals surface area contributed by atoms with Gasteiger partial charge >= 0.3 is 0 Å². The Labute approximate surface area is 95.4 Å². The predicted molar refractivity (Wildman–Crippen MR) is 62.2 cm³/mol. The van der Waals surface area contributed by atoms with Gasteiger partial charge in [0.2, 0.25) is 0 Å². The molecule has 2 radical (unpaired) electrons. The van der Waals surface area contributed by atoms with E-state index in [2.05, 4.69) is 6.07 Å². The van der Waals surface area contributed by atoms with E-state index in [4.69, 9.17) is 7.85 Å². The molecule has 0 aliphatic heterocycles. The van der Waals surface area contributed by atoms with E-state index in [-0.39, 0.29) is 11.8 Å². The normalized spacial score (nSPS) is 35.9. The summed E-state index contributed by atoms with van der Waals surface area (Å²) >= 11 is 1.69. The molecule has 0 bridgehead atoms. The summed E-state index contributed by atoms with van der Waals surface area (Å²) in [7, 11) is 5.64. The lowest BCUT2D eigenvalue weighted by atomic mass is 9.80. The SMILES string of the molecule is [B]CC1C(O)CC(O)C1Cc1cccs1. The minimum Gasteiger partial charge on any atom is -0.393 e. The maximum absolute atomic E-state index is 9.85. The monoisotopic (exact) mass is 222 g/mol. The van der Waals surface area contributed by atoms with Crippen LogP contribution in [0, 0.1) is 11.8 Å². The third kappa shape index (κ3) is 2.27. The Hall–Kier alpha value is -0.315. The number of thiophene rings is 1. The van der Waals surface area contributed by atoms with Crippen molar-refractivity contribution in [2.75, 3.05) is 0 Å². The molecule has 0 saturated heterocycles. The van der Waals surface area contributed by atoms with E-state index in [1.165, 1.54) is 4.88 Å². The number of hydrogen-bond acceptors (Lipinski definition) is 3. The molecule has 2 rings (SSSR count). The first-order valence-electron chi connectivity index (χ1n) is 5.31. The molecule has 1 aliphatic carbocycles. The van der Waals surface area contributed by atoms with Crippen molar-refractivity contribution in [1.82, 2.24) is 0 Å². The van der Waals surface area contributed by atoms with Crippen molar-refractivity contribution in [3.63, 3.8) is 0 Å². The van der Waals surface area contributed by atoms with Crippen LogP contribution >= 0.6 is 11.3 Å². The van der Waals surface area contributed by atoms with Crippen LogP contribution in [0.15, 0.2) is 17.5 Å². The van der Waals surface area contributed by atoms with Crippen molar-refractivity contribution in [3.8, 4) is 0 Å². The zero-order valence-corrected chi connectivity index (χ0v) is 9.36. The lowest BCUT2D eigenvalue weighted by molar-refractivity contribution is 0.119. The van der Waals surface area contributed by atoms with Gasteiger partial charge in [0.25, 0.3) is 0 Å². The molecule has 0 amide bonds. The number of rotatable bonds is 3. The van der Waals surface area contributed by atoms with Crippen molar-refractivity contribution in [1.29, 1.82) is 0 Å². The van der Waals surface area contributed by atoms with Crippen molar-refractivity contribution in [2.24, 2.45) is 11.8 Å². The Morgan fingerprint density at radius 2 is 2.07 bits per heavy atom. The van der Waals surface area contributed by atoms with Crippen molar-refractivity contribution in [2.45, 2.75) is 31.4 Å². The van der Waals surface area contributed by atoms with Crippen LogP contribution in [0.2, 0.25) is 6.32 Å². The predicted octanol–water partition coefficient (Wildman–Crippen LogP) is 1.24. The molecule has 2 nitrogen and oxygen atoms in total. The molecule has 4 unspecified atom stereocenters. The second-order valence-electron chi connectivity index (χ2n) is 4.22. The van der Waals surface area contributed by atoms with Crippen molar-refractivity contribution < 1.29 is 10.2 Å². The molecule has 0 spiro atoms. The Morgan fingerprint density at radius 3 is 2.67 bits per heavy atom. The topological polar surface area (TPSA) is 40.5 Å². The van der Waals surface area contributed by atoms with Crippen LogP contribution in [0.3, 0.4) is 0 Å². The quantitative estimate of drug-likeness (QED) is 0.755. The van der Waals surface area contributed by atoms with Gasteiger partial charge in [0.1, 0.15) is 0 Å². The molecule has 2 N–H and O–H groups in total. The van der Waals surface area contributed by atoms with Crippen LogP contribution < -0.4 is 0 Å². The summed E-state index contributed by atoms with van der Waals surface area (Å²) in [4.78, 5) is 1.26. The Balaban J connectivity index is 2.06. The standard InChI is InChI=1S/C11H15BO2S/c12-6-9-8(10(13)5-11(9)14)4-7-2-1-3-15-7/h1-3,8-11,13-14H,4-6H2. The number of aliphatic hydroxyl groups is 2. The molecule has 4 heteroatoms. The third-order valence-corrected chi connectivity index (χ3v) is 4.21. The summed E-state index contributed by atoms with van der Waals surface area (Å²) in [6.45, 7) is 0. The summed E-state index contributed by atoms with van der Waals surface area (Å²) in [6.07, 6.45) is 0.912. The zero-order valence-electron chi connectivity index (χ0n) is 8.54. The van der Waals surface area contributed by atoms with Gasteiger partial charge in [-0.3, -0.25) is 0 Å². The minimum absolute atomic E-state index is 0.0436. The summed E-state index contributed by atoms with van der Waals surface area (Å²) in [5, 5.41) is 21.6.